The van der Waals surface area contributed by atoms with Gasteiger partial charge in [0.2, 0.25) is 0 Å². The van der Waals surface area contributed by atoms with Crippen molar-refractivity contribution >= 4 is 18.4 Å². The minimum Gasteiger partial charge on any atom is -0.465 e. The van der Waals surface area contributed by atoms with E-state index in [2.05, 4.69) is 17.5 Å². The van der Waals surface area contributed by atoms with Gasteiger partial charge in [-0.15, -0.1) is 12.4 Å². The number of esters is 1. The lowest BCUT2D eigenvalue weighted by atomic mass is 9.68. The summed E-state index contributed by atoms with van der Waals surface area (Å²) in [6.45, 7) is 2.26. The first kappa shape index (κ1) is 16.7. The number of carbonyl (C=O) groups is 1. The molecule has 0 saturated heterocycles. The Hall–Kier alpha value is -1.32. The van der Waals surface area contributed by atoms with Crippen LogP contribution in [0.1, 0.15) is 25.3 Å². The molecule has 2 rings (SSSR count). The highest BCUT2D eigenvalue weighted by Gasteiger charge is 2.47. The topological polar surface area (TPSA) is 38.3 Å². The Morgan fingerprint density at radius 2 is 2.10 bits per heavy atom. The minimum atomic E-state index is -0.610. The molecule has 1 aromatic carbocycles. The van der Waals surface area contributed by atoms with E-state index >= 15 is 0 Å². The van der Waals surface area contributed by atoms with E-state index in [4.69, 9.17) is 4.74 Å². The largest absolute Gasteiger partial charge is 0.465 e. The van der Waals surface area contributed by atoms with Crippen molar-refractivity contribution in [3.63, 3.8) is 0 Å². The number of rotatable bonds is 4. The van der Waals surface area contributed by atoms with E-state index in [-0.39, 0.29) is 24.4 Å². The molecule has 0 aromatic heterocycles. The molecule has 0 radical (unpaired) electrons. The fraction of sp³-hybridized carbons (Fsp3) is 0.438. The molecule has 110 valence electrons. The number of hydrogen-bond donors (Lipinski definition) is 1. The number of likely N-dealkylation sites (N-methyl/N-ethyl adjacent to an activating group) is 1. The molecule has 2 unspecified atom stereocenters. The summed E-state index contributed by atoms with van der Waals surface area (Å²) in [7, 11) is 1.89. The van der Waals surface area contributed by atoms with E-state index in [1.165, 1.54) is 0 Å². The van der Waals surface area contributed by atoms with Crippen LogP contribution in [0.15, 0.2) is 42.5 Å². The van der Waals surface area contributed by atoms with Gasteiger partial charge in [-0.05, 0) is 32.4 Å². The molecule has 1 aromatic rings. The van der Waals surface area contributed by atoms with Crippen molar-refractivity contribution < 1.29 is 9.53 Å². The normalized spacial score (nSPS) is 24.8. The third kappa shape index (κ3) is 2.89. The van der Waals surface area contributed by atoms with Gasteiger partial charge in [0.25, 0.3) is 0 Å². The van der Waals surface area contributed by atoms with Crippen molar-refractivity contribution in [2.75, 3.05) is 13.7 Å². The van der Waals surface area contributed by atoms with Gasteiger partial charge < -0.3 is 10.1 Å². The highest BCUT2D eigenvalue weighted by molar-refractivity contribution is 5.85. The zero-order chi connectivity index (χ0) is 13.7. The van der Waals surface area contributed by atoms with Gasteiger partial charge in [0.1, 0.15) is 5.41 Å². The van der Waals surface area contributed by atoms with Gasteiger partial charge in [0.15, 0.2) is 0 Å². The molecule has 0 aliphatic heterocycles. The van der Waals surface area contributed by atoms with E-state index in [9.17, 15) is 4.79 Å². The number of nitrogens with one attached hydrogen (secondary N) is 1. The Kier molecular flexibility index (Phi) is 6.24. The van der Waals surface area contributed by atoms with E-state index in [0.29, 0.717) is 6.61 Å². The third-order valence-electron chi connectivity index (χ3n) is 3.80. The van der Waals surface area contributed by atoms with Gasteiger partial charge in [-0.25, -0.2) is 0 Å². The molecule has 1 aliphatic carbocycles. The summed E-state index contributed by atoms with van der Waals surface area (Å²) in [5.74, 6) is -0.134. The quantitative estimate of drug-likeness (QED) is 0.686. The second-order valence-corrected chi connectivity index (χ2v) is 4.79. The van der Waals surface area contributed by atoms with Gasteiger partial charge in [0, 0.05) is 6.04 Å². The SMILES string of the molecule is CCOC(=O)C1(c2ccccc2)CCC=CC1NC.Cl. The van der Waals surface area contributed by atoms with Crippen molar-refractivity contribution in [3.8, 4) is 0 Å². The number of benzene rings is 1. The van der Waals surface area contributed by atoms with E-state index < -0.39 is 5.41 Å². The second-order valence-electron chi connectivity index (χ2n) is 4.79. The van der Waals surface area contributed by atoms with Crippen LogP contribution in [0.25, 0.3) is 0 Å². The molecule has 0 spiro atoms. The average Bonchev–Trinajstić information content (AvgIpc) is 2.48. The Bertz CT molecular complexity index is 461. The molecular formula is C16H22ClNO2. The van der Waals surface area contributed by atoms with Gasteiger partial charge in [-0.3, -0.25) is 4.79 Å². The van der Waals surface area contributed by atoms with Crippen molar-refractivity contribution in [2.24, 2.45) is 0 Å². The van der Waals surface area contributed by atoms with Crippen LogP contribution in [0.2, 0.25) is 0 Å². The Labute approximate surface area is 126 Å². The van der Waals surface area contributed by atoms with Gasteiger partial charge >= 0.3 is 5.97 Å². The maximum atomic E-state index is 12.6. The number of hydrogen-bond acceptors (Lipinski definition) is 3. The van der Waals surface area contributed by atoms with Gasteiger partial charge in [-0.2, -0.15) is 0 Å². The van der Waals surface area contributed by atoms with E-state index in [0.717, 1.165) is 18.4 Å². The molecule has 1 N–H and O–H groups in total. The molecule has 0 saturated carbocycles. The lowest BCUT2D eigenvalue weighted by Crippen LogP contribution is -2.53. The molecule has 0 fully saturated rings. The summed E-state index contributed by atoms with van der Waals surface area (Å²) in [5.41, 5.74) is 0.415. The smallest absolute Gasteiger partial charge is 0.318 e. The summed E-state index contributed by atoms with van der Waals surface area (Å²) in [4.78, 5) is 12.6. The number of halogens is 1. The number of allylic oxidation sites excluding steroid dienone is 1. The first-order chi connectivity index (χ1) is 9.25. The summed E-state index contributed by atoms with van der Waals surface area (Å²) in [6.07, 6.45) is 5.87. The van der Waals surface area contributed by atoms with Crippen LogP contribution in [0.3, 0.4) is 0 Å². The lowest BCUT2D eigenvalue weighted by molar-refractivity contribution is -0.151. The van der Waals surface area contributed by atoms with E-state index in [1.54, 1.807) is 0 Å². The fourth-order valence-corrected chi connectivity index (χ4v) is 2.87. The summed E-state index contributed by atoms with van der Waals surface area (Å²) < 4.78 is 5.36. The highest BCUT2D eigenvalue weighted by Crippen LogP contribution is 2.38. The molecule has 0 amide bonds. The summed E-state index contributed by atoms with van der Waals surface area (Å²) in [6, 6.07) is 9.92. The average molecular weight is 296 g/mol. The van der Waals surface area contributed by atoms with Gasteiger partial charge in [-0.1, -0.05) is 42.5 Å². The molecule has 1 aliphatic rings. The third-order valence-corrected chi connectivity index (χ3v) is 3.80. The standard InChI is InChI=1S/C16H21NO2.ClH/c1-3-19-15(18)16(13-9-5-4-6-10-13)12-8-7-11-14(16)17-2;/h4-7,9-11,14,17H,3,8,12H2,1-2H3;1H. The van der Waals surface area contributed by atoms with Crippen LogP contribution in [0, 0.1) is 0 Å². The molecule has 2 atom stereocenters. The van der Waals surface area contributed by atoms with Crippen molar-refractivity contribution in [1.29, 1.82) is 0 Å². The van der Waals surface area contributed by atoms with E-state index in [1.807, 2.05) is 44.3 Å². The highest BCUT2D eigenvalue weighted by atomic mass is 35.5. The molecule has 20 heavy (non-hydrogen) atoms. The second kappa shape index (κ2) is 7.46. The van der Waals surface area contributed by atoms with Crippen LogP contribution in [0.4, 0.5) is 0 Å². The minimum absolute atomic E-state index is 0. The van der Waals surface area contributed by atoms with Crippen LogP contribution < -0.4 is 5.32 Å². The monoisotopic (exact) mass is 295 g/mol. The van der Waals surface area contributed by atoms with Crippen molar-refractivity contribution in [2.45, 2.75) is 31.2 Å². The molecule has 0 bridgehead atoms. The number of ether oxygens (including phenoxy) is 1. The lowest BCUT2D eigenvalue weighted by Gasteiger charge is -2.39. The zero-order valence-corrected chi connectivity index (χ0v) is 12.8. The Morgan fingerprint density at radius 3 is 2.70 bits per heavy atom. The Balaban J connectivity index is 0.00000200. The zero-order valence-electron chi connectivity index (χ0n) is 12.0. The number of carbonyl (C=O) groups excluding carboxylic acids is 1. The fourth-order valence-electron chi connectivity index (χ4n) is 2.87. The molecule has 0 heterocycles. The van der Waals surface area contributed by atoms with Crippen molar-refractivity contribution in [1.82, 2.24) is 5.32 Å². The van der Waals surface area contributed by atoms with Crippen LogP contribution in [-0.2, 0) is 14.9 Å². The maximum Gasteiger partial charge on any atom is 0.318 e. The predicted octanol–water partition coefficient (Wildman–Crippen LogP) is 2.85. The van der Waals surface area contributed by atoms with Crippen LogP contribution >= 0.6 is 12.4 Å². The van der Waals surface area contributed by atoms with Crippen LogP contribution in [-0.4, -0.2) is 25.7 Å². The maximum absolute atomic E-state index is 12.6. The molecule has 3 nitrogen and oxygen atoms in total. The molecule has 4 heteroatoms. The summed E-state index contributed by atoms with van der Waals surface area (Å²) >= 11 is 0. The van der Waals surface area contributed by atoms with Crippen molar-refractivity contribution in [3.05, 3.63) is 48.0 Å². The first-order valence-corrected chi connectivity index (χ1v) is 6.82. The van der Waals surface area contributed by atoms with Crippen LogP contribution in [0.5, 0.6) is 0 Å². The Morgan fingerprint density at radius 1 is 1.40 bits per heavy atom. The predicted molar refractivity (Wildman–Crippen MR) is 83.2 cm³/mol. The summed E-state index contributed by atoms with van der Waals surface area (Å²) in [5, 5.41) is 3.24. The molecular weight excluding hydrogens is 274 g/mol. The first-order valence-electron chi connectivity index (χ1n) is 6.82. The van der Waals surface area contributed by atoms with Gasteiger partial charge in [0.05, 0.1) is 6.61 Å².